The molecule has 0 amide bonds. The van der Waals surface area contributed by atoms with E-state index in [1.807, 2.05) is 0 Å². The SMILES string of the molecule is Cc1c(F)cc(N=O)cc1Br. The number of halogens is 2. The molecular formula is C7H5BrFNO. The molecule has 0 aliphatic heterocycles. The van der Waals surface area contributed by atoms with Crippen LogP contribution >= 0.6 is 15.9 Å². The third-order valence-corrected chi connectivity index (χ3v) is 2.19. The summed E-state index contributed by atoms with van der Waals surface area (Å²) >= 11 is 3.10. The molecule has 2 nitrogen and oxygen atoms in total. The highest BCUT2D eigenvalue weighted by atomic mass is 79.9. The van der Waals surface area contributed by atoms with Gasteiger partial charge in [-0.25, -0.2) is 4.39 Å². The quantitative estimate of drug-likeness (QED) is 0.665. The van der Waals surface area contributed by atoms with Crippen molar-refractivity contribution in [3.8, 4) is 0 Å². The molecule has 0 aliphatic carbocycles. The minimum atomic E-state index is -0.422. The van der Waals surface area contributed by atoms with Gasteiger partial charge in [0.1, 0.15) is 11.5 Å². The fourth-order valence-electron chi connectivity index (χ4n) is 0.685. The van der Waals surface area contributed by atoms with Crippen LogP contribution in [0, 0.1) is 17.6 Å². The van der Waals surface area contributed by atoms with E-state index in [0.717, 1.165) is 6.07 Å². The predicted molar refractivity (Wildman–Crippen MR) is 44.3 cm³/mol. The second-order valence-corrected chi connectivity index (χ2v) is 2.98. The van der Waals surface area contributed by atoms with Crippen LogP contribution in [0.5, 0.6) is 0 Å². The van der Waals surface area contributed by atoms with Crippen molar-refractivity contribution in [2.24, 2.45) is 5.18 Å². The van der Waals surface area contributed by atoms with Crippen LogP contribution in [-0.4, -0.2) is 0 Å². The molecule has 1 aromatic rings. The summed E-state index contributed by atoms with van der Waals surface area (Å²) in [5.74, 6) is -0.422. The standard InChI is InChI=1S/C7H5BrFNO/c1-4-6(8)2-5(10-11)3-7(4)9/h2-3H,1H3. The molecule has 4 heteroatoms. The van der Waals surface area contributed by atoms with Crippen molar-refractivity contribution in [1.29, 1.82) is 0 Å². The van der Waals surface area contributed by atoms with Crippen molar-refractivity contribution < 1.29 is 4.39 Å². The number of nitroso groups, excluding NO2 is 1. The molecule has 1 rings (SSSR count). The van der Waals surface area contributed by atoms with Crippen LogP contribution in [0.2, 0.25) is 0 Å². The number of rotatable bonds is 1. The van der Waals surface area contributed by atoms with Gasteiger partial charge < -0.3 is 0 Å². The Morgan fingerprint density at radius 1 is 1.55 bits per heavy atom. The van der Waals surface area contributed by atoms with Crippen LogP contribution in [-0.2, 0) is 0 Å². The van der Waals surface area contributed by atoms with Gasteiger partial charge in [0, 0.05) is 10.5 Å². The summed E-state index contributed by atoms with van der Waals surface area (Å²) in [7, 11) is 0. The van der Waals surface area contributed by atoms with E-state index < -0.39 is 5.82 Å². The number of benzene rings is 1. The third kappa shape index (κ3) is 1.63. The van der Waals surface area contributed by atoms with Crippen LogP contribution in [0.1, 0.15) is 5.56 Å². The molecule has 0 heterocycles. The summed E-state index contributed by atoms with van der Waals surface area (Å²) in [5.41, 5.74) is 0.581. The molecule has 0 saturated carbocycles. The van der Waals surface area contributed by atoms with Gasteiger partial charge in [0.25, 0.3) is 0 Å². The molecule has 0 atom stereocenters. The van der Waals surface area contributed by atoms with E-state index in [-0.39, 0.29) is 5.69 Å². The van der Waals surface area contributed by atoms with Crippen molar-refractivity contribution >= 4 is 21.6 Å². The van der Waals surface area contributed by atoms with E-state index in [0.29, 0.717) is 10.0 Å². The molecule has 1 aromatic carbocycles. The maximum Gasteiger partial charge on any atom is 0.129 e. The maximum absolute atomic E-state index is 12.8. The highest BCUT2D eigenvalue weighted by molar-refractivity contribution is 9.10. The van der Waals surface area contributed by atoms with Crippen LogP contribution in [0.3, 0.4) is 0 Å². The maximum atomic E-state index is 12.8. The first-order valence-electron chi connectivity index (χ1n) is 2.94. The summed E-state index contributed by atoms with van der Waals surface area (Å²) in [6.45, 7) is 1.62. The van der Waals surface area contributed by atoms with Gasteiger partial charge in [-0.15, -0.1) is 4.91 Å². The van der Waals surface area contributed by atoms with Crippen molar-refractivity contribution in [2.45, 2.75) is 6.92 Å². The van der Waals surface area contributed by atoms with E-state index >= 15 is 0 Å². The number of hydrogen-bond donors (Lipinski definition) is 0. The minimum absolute atomic E-state index is 0.0972. The molecule has 0 radical (unpaired) electrons. The fourth-order valence-corrected chi connectivity index (χ4v) is 1.11. The van der Waals surface area contributed by atoms with Gasteiger partial charge in [-0.1, -0.05) is 15.9 Å². The van der Waals surface area contributed by atoms with Gasteiger partial charge in [0.05, 0.1) is 0 Å². The predicted octanol–water partition coefficient (Wildman–Crippen LogP) is 3.29. The first-order chi connectivity index (χ1) is 5.15. The lowest BCUT2D eigenvalue weighted by atomic mass is 10.2. The zero-order valence-corrected chi connectivity index (χ0v) is 7.35. The Hall–Kier alpha value is -0.770. The summed E-state index contributed by atoms with van der Waals surface area (Å²) < 4.78 is 13.4. The molecule has 0 bridgehead atoms. The first kappa shape index (κ1) is 8.33. The van der Waals surface area contributed by atoms with E-state index in [2.05, 4.69) is 21.1 Å². The first-order valence-corrected chi connectivity index (χ1v) is 3.73. The molecule has 0 saturated heterocycles. The second kappa shape index (κ2) is 3.09. The summed E-state index contributed by atoms with van der Waals surface area (Å²) in [6.07, 6.45) is 0. The summed E-state index contributed by atoms with van der Waals surface area (Å²) in [6, 6.07) is 2.58. The molecule has 11 heavy (non-hydrogen) atoms. The van der Waals surface area contributed by atoms with E-state index in [1.165, 1.54) is 6.07 Å². The Bertz CT molecular complexity index is 277. The molecule has 0 N–H and O–H groups in total. The van der Waals surface area contributed by atoms with Gasteiger partial charge in [-0.2, -0.15) is 0 Å². The Morgan fingerprint density at radius 2 is 2.18 bits per heavy atom. The second-order valence-electron chi connectivity index (χ2n) is 2.13. The van der Waals surface area contributed by atoms with Crippen LogP contribution in [0.25, 0.3) is 0 Å². The average molecular weight is 218 g/mol. The molecule has 0 spiro atoms. The molecule has 0 aliphatic rings. The van der Waals surface area contributed by atoms with Gasteiger partial charge in [0.2, 0.25) is 0 Å². The van der Waals surface area contributed by atoms with Crippen LogP contribution in [0.4, 0.5) is 10.1 Å². The molecular weight excluding hydrogens is 213 g/mol. The minimum Gasteiger partial charge on any atom is -0.207 e. The monoisotopic (exact) mass is 217 g/mol. The van der Waals surface area contributed by atoms with Gasteiger partial charge in [-0.05, 0) is 23.7 Å². The molecule has 0 unspecified atom stereocenters. The zero-order chi connectivity index (χ0) is 8.43. The Labute approximate surface area is 71.5 Å². The molecule has 0 aromatic heterocycles. The Morgan fingerprint density at radius 3 is 2.64 bits per heavy atom. The molecule has 0 fully saturated rings. The smallest absolute Gasteiger partial charge is 0.129 e. The average Bonchev–Trinajstić information content (AvgIpc) is 1.99. The fraction of sp³-hybridized carbons (Fsp3) is 0.143. The molecule has 58 valence electrons. The third-order valence-electron chi connectivity index (χ3n) is 1.37. The topological polar surface area (TPSA) is 29.4 Å². The van der Waals surface area contributed by atoms with Crippen molar-refractivity contribution in [3.63, 3.8) is 0 Å². The van der Waals surface area contributed by atoms with E-state index in [4.69, 9.17) is 0 Å². The van der Waals surface area contributed by atoms with Gasteiger partial charge >= 0.3 is 0 Å². The van der Waals surface area contributed by atoms with E-state index in [1.54, 1.807) is 6.92 Å². The Balaban J connectivity index is 3.31. The van der Waals surface area contributed by atoms with Crippen molar-refractivity contribution in [2.75, 3.05) is 0 Å². The highest BCUT2D eigenvalue weighted by Crippen LogP contribution is 2.25. The van der Waals surface area contributed by atoms with Crippen LogP contribution in [0.15, 0.2) is 21.8 Å². The lowest BCUT2D eigenvalue weighted by molar-refractivity contribution is 0.617. The summed E-state index contributed by atoms with van der Waals surface area (Å²) in [4.78, 5) is 9.98. The van der Waals surface area contributed by atoms with Gasteiger partial charge in [0.15, 0.2) is 0 Å². The lowest BCUT2D eigenvalue weighted by Crippen LogP contribution is -1.82. The van der Waals surface area contributed by atoms with E-state index in [9.17, 15) is 9.30 Å². The normalized spacial score (nSPS) is 9.73. The summed E-state index contributed by atoms with van der Waals surface area (Å²) in [5, 5.41) is 2.61. The number of hydrogen-bond acceptors (Lipinski definition) is 2. The largest absolute Gasteiger partial charge is 0.207 e. The number of nitrogens with zero attached hydrogens (tertiary/aromatic N) is 1. The van der Waals surface area contributed by atoms with Gasteiger partial charge in [-0.3, -0.25) is 0 Å². The lowest BCUT2D eigenvalue weighted by Gasteiger charge is -1.98. The Kier molecular flexibility index (Phi) is 2.34. The van der Waals surface area contributed by atoms with Crippen LogP contribution < -0.4 is 0 Å². The van der Waals surface area contributed by atoms with Crippen molar-refractivity contribution in [3.05, 3.63) is 32.9 Å². The highest BCUT2D eigenvalue weighted by Gasteiger charge is 2.04. The zero-order valence-electron chi connectivity index (χ0n) is 5.77. The van der Waals surface area contributed by atoms with Crippen molar-refractivity contribution in [1.82, 2.24) is 0 Å².